The van der Waals surface area contributed by atoms with Crippen LogP contribution in [0.25, 0.3) is 0 Å². The number of anilines is 1. The Bertz CT molecular complexity index is 631. The highest BCUT2D eigenvalue weighted by Gasteiger charge is 2.13. The van der Waals surface area contributed by atoms with Gasteiger partial charge in [0, 0.05) is 23.3 Å². The van der Waals surface area contributed by atoms with E-state index < -0.39 is 11.7 Å². The Kier molecular flexibility index (Phi) is 4.76. The first-order valence-corrected chi connectivity index (χ1v) is 6.43. The van der Waals surface area contributed by atoms with E-state index in [9.17, 15) is 9.18 Å². The third kappa shape index (κ3) is 3.37. The van der Waals surface area contributed by atoms with Crippen molar-refractivity contribution >= 4 is 24.2 Å². The quantitative estimate of drug-likeness (QED) is 0.846. The molecule has 2 aromatic carbocycles. The van der Waals surface area contributed by atoms with E-state index in [1.807, 2.05) is 12.1 Å². The molecule has 0 unspecified atom stereocenters. The zero-order chi connectivity index (χ0) is 14.5. The molecule has 5 heteroatoms. The Morgan fingerprint density at radius 1 is 1.30 bits per heavy atom. The van der Waals surface area contributed by atoms with Gasteiger partial charge >= 0.3 is 0 Å². The van der Waals surface area contributed by atoms with Crippen LogP contribution in [0.5, 0.6) is 0 Å². The zero-order valence-electron chi connectivity index (χ0n) is 10.9. The molecule has 104 valence electrons. The molecule has 0 spiro atoms. The molecule has 2 aromatic rings. The van der Waals surface area contributed by atoms with Crippen LogP contribution >= 0.6 is 12.6 Å². The average molecular weight is 291 g/mol. The first-order valence-electron chi connectivity index (χ1n) is 5.98. The topological polar surface area (TPSA) is 38.3 Å². The molecule has 3 nitrogen and oxygen atoms in total. The number of benzene rings is 2. The van der Waals surface area contributed by atoms with Gasteiger partial charge in [-0.15, -0.1) is 12.6 Å². The van der Waals surface area contributed by atoms with Crippen molar-refractivity contribution in [3.63, 3.8) is 0 Å². The van der Waals surface area contributed by atoms with E-state index in [2.05, 4.69) is 17.9 Å². The second-order valence-electron chi connectivity index (χ2n) is 4.21. The molecule has 1 N–H and O–H groups in total. The van der Waals surface area contributed by atoms with Crippen molar-refractivity contribution in [2.75, 3.05) is 12.4 Å². The number of amides is 1. The molecule has 20 heavy (non-hydrogen) atoms. The lowest BCUT2D eigenvalue weighted by atomic mass is 10.1. The van der Waals surface area contributed by atoms with Crippen molar-refractivity contribution in [1.82, 2.24) is 0 Å². The second kappa shape index (κ2) is 6.54. The Morgan fingerprint density at radius 3 is 2.80 bits per heavy atom. The molecule has 1 amide bonds. The van der Waals surface area contributed by atoms with Crippen LogP contribution in [0.3, 0.4) is 0 Å². The van der Waals surface area contributed by atoms with Gasteiger partial charge in [-0.25, -0.2) is 4.39 Å². The number of rotatable bonds is 4. The summed E-state index contributed by atoms with van der Waals surface area (Å²) >= 11 is 4.11. The lowest BCUT2D eigenvalue weighted by Gasteiger charge is -2.11. The van der Waals surface area contributed by atoms with Crippen molar-refractivity contribution < 1.29 is 13.9 Å². The minimum Gasteiger partial charge on any atom is -0.380 e. The summed E-state index contributed by atoms with van der Waals surface area (Å²) in [5.41, 5.74) is 1.39. The number of halogens is 1. The fraction of sp³-hybridized carbons (Fsp3) is 0.133. The molecule has 0 saturated heterocycles. The van der Waals surface area contributed by atoms with Crippen molar-refractivity contribution in [2.24, 2.45) is 0 Å². The Hall–Kier alpha value is -1.85. The van der Waals surface area contributed by atoms with Gasteiger partial charge in [-0.3, -0.25) is 4.79 Å². The molecule has 0 radical (unpaired) electrons. The molecule has 0 heterocycles. The fourth-order valence-electron chi connectivity index (χ4n) is 1.80. The number of hydrogen-bond acceptors (Lipinski definition) is 3. The summed E-state index contributed by atoms with van der Waals surface area (Å²) in [4.78, 5) is 12.6. The van der Waals surface area contributed by atoms with Crippen molar-refractivity contribution in [3.8, 4) is 0 Å². The summed E-state index contributed by atoms with van der Waals surface area (Å²) in [5, 5.41) is 2.69. The number of hydrogen-bond donors (Lipinski definition) is 2. The first-order chi connectivity index (χ1) is 9.61. The third-order valence-electron chi connectivity index (χ3n) is 2.76. The normalized spacial score (nSPS) is 10.3. The van der Waals surface area contributed by atoms with Gasteiger partial charge < -0.3 is 10.1 Å². The maximum atomic E-state index is 13.7. The van der Waals surface area contributed by atoms with Crippen LogP contribution in [0.4, 0.5) is 10.1 Å². The number of ether oxygens (including phenoxy) is 1. The van der Waals surface area contributed by atoms with Gasteiger partial charge in [0.25, 0.3) is 5.91 Å². The largest absolute Gasteiger partial charge is 0.380 e. The Morgan fingerprint density at radius 2 is 2.05 bits per heavy atom. The molecule has 0 saturated carbocycles. The lowest BCUT2D eigenvalue weighted by molar-refractivity contribution is 0.102. The SMILES string of the molecule is COCc1ccccc1NC(=O)c1cc(S)ccc1F. The van der Waals surface area contributed by atoms with E-state index in [1.165, 1.54) is 18.2 Å². The van der Waals surface area contributed by atoms with Crippen LogP contribution < -0.4 is 5.32 Å². The Balaban J connectivity index is 2.26. The van der Waals surface area contributed by atoms with Crippen molar-refractivity contribution in [1.29, 1.82) is 0 Å². The van der Waals surface area contributed by atoms with Crippen LogP contribution in [-0.2, 0) is 11.3 Å². The van der Waals surface area contributed by atoms with Gasteiger partial charge in [-0.05, 0) is 24.3 Å². The summed E-state index contributed by atoms with van der Waals surface area (Å²) in [5.74, 6) is -1.09. The zero-order valence-corrected chi connectivity index (χ0v) is 11.8. The molecule has 0 bridgehead atoms. The highest BCUT2D eigenvalue weighted by molar-refractivity contribution is 7.80. The maximum absolute atomic E-state index is 13.7. The van der Waals surface area contributed by atoms with Gasteiger partial charge in [0.05, 0.1) is 12.2 Å². The molecular weight excluding hydrogens is 277 g/mol. The Labute approximate surface area is 122 Å². The summed E-state index contributed by atoms with van der Waals surface area (Å²) in [6.45, 7) is 0.367. The summed E-state index contributed by atoms with van der Waals surface area (Å²) in [7, 11) is 1.57. The van der Waals surface area contributed by atoms with Crippen molar-refractivity contribution in [3.05, 3.63) is 59.4 Å². The van der Waals surface area contributed by atoms with E-state index in [0.717, 1.165) is 5.56 Å². The fourth-order valence-corrected chi connectivity index (χ4v) is 2.00. The van der Waals surface area contributed by atoms with Gasteiger partial charge in [0.15, 0.2) is 0 Å². The van der Waals surface area contributed by atoms with E-state index in [4.69, 9.17) is 4.74 Å². The first kappa shape index (κ1) is 14.6. The van der Waals surface area contributed by atoms with Gasteiger partial charge in [0.2, 0.25) is 0 Å². The number of nitrogens with one attached hydrogen (secondary N) is 1. The number of thiol groups is 1. The lowest BCUT2D eigenvalue weighted by Crippen LogP contribution is -2.15. The molecule has 0 aromatic heterocycles. The second-order valence-corrected chi connectivity index (χ2v) is 4.72. The molecule has 0 fully saturated rings. The maximum Gasteiger partial charge on any atom is 0.258 e. The third-order valence-corrected chi connectivity index (χ3v) is 3.04. The molecule has 0 aliphatic heterocycles. The highest BCUT2D eigenvalue weighted by Crippen LogP contribution is 2.19. The molecule has 2 rings (SSSR count). The standard InChI is InChI=1S/C15H14FNO2S/c1-19-9-10-4-2-3-5-14(10)17-15(18)12-8-11(20)6-7-13(12)16/h2-8,20H,9H2,1H3,(H,17,18). The molecular formula is C15H14FNO2S. The number of carbonyl (C=O) groups is 1. The summed E-state index contributed by atoms with van der Waals surface area (Å²) in [6.07, 6.45) is 0. The van der Waals surface area contributed by atoms with E-state index >= 15 is 0 Å². The van der Waals surface area contributed by atoms with Gasteiger partial charge in [0.1, 0.15) is 5.82 Å². The summed E-state index contributed by atoms with van der Waals surface area (Å²) in [6, 6.07) is 11.3. The average Bonchev–Trinajstić information content (AvgIpc) is 2.44. The van der Waals surface area contributed by atoms with Crippen LogP contribution in [0, 0.1) is 5.82 Å². The minimum absolute atomic E-state index is 0.0373. The highest BCUT2D eigenvalue weighted by atomic mass is 32.1. The van der Waals surface area contributed by atoms with E-state index in [0.29, 0.717) is 17.2 Å². The minimum atomic E-state index is -0.579. The van der Waals surface area contributed by atoms with Crippen LogP contribution in [0.2, 0.25) is 0 Å². The number of para-hydroxylation sites is 1. The number of methoxy groups -OCH3 is 1. The monoisotopic (exact) mass is 291 g/mol. The van der Waals surface area contributed by atoms with Gasteiger partial charge in [-0.1, -0.05) is 18.2 Å². The van der Waals surface area contributed by atoms with Crippen LogP contribution in [0.1, 0.15) is 15.9 Å². The van der Waals surface area contributed by atoms with Gasteiger partial charge in [-0.2, -0.15) is 0 Å². The van der Waals surface area contributed by atoms with Crippen LogP contribution in [-0.4, -0.2) is 13.0 Å². The van der Waals surface area contributed by atoms with E-state index in [1.54, 1.807) is 19.2 Å². The molecule has 0 aliphatic carbocycles. The molecule has 0 aliphatic rings. The smallest absolute Gasteiger partial charge is 0.258 e. The molecule has 0 atom stereocenters. The summed E-state index contributed by atoms with van der Waals surface area (Å²) < 4.78 is 18.7. The number of carbonyl (C=O) groups excluding carboxylic acids is 1. The van der Waals surface area contributed by atoms with Crippen LogP contribution in [0.15, 0.2) is 47.4 Å². The predicted molar refractivity (Wildman–Crippen MR) is 78.8 cm³/mol. The van der Waals surface area contributed by atoms with Crippen molar-refractivity contribution in [2.45, 2.75) is 11.5 Å². The predicted octanol–water partition coefficient (Wildman–Crippen LogP) is 3.51. The van der Waals surface area contributed by atoms with E-state index in [-0.39, 0.29) is 5.56 Å².